The maximum Gasteiger partial charge on any atom is 0.267 e. The van der Waals surface area contributed by atoms with Crippen molar-refractivity contribution >= 4 is 11.8 Å². The van der Waals surface area contributed by atoms with E-state index in [1.54, 1.807) is 6.92 Å². The van der Waals surface area contributed by atoms with Crippen LogP contribution in [-0.4, -0.2) is 43.2 Å². The van der Waals surface area contributed by atoms with Gasteiger partial charge in [-0.05, 0) is 13.0 Å². The van der Waals surface area contributed by atoms with E-state index in [-0.39, 0.29) is 29.7 Å². The summed E-state index contributed by atoms with van der Waals surface area (Å²) < 4.78 is 1.88. The van der Waals surface area contributed by atoms with Crippen molar-refractivity contribution in [2.24, 2.45) is 5.92 Å². The molecule has 140 valence electrons. The predicted octanol–water partition coefficient (Wildman–Crippen LogP) is 0.0650. The lowest BCUT2D eigenvalue weighted by Crippen LogP contribution is -2.40. The van der Waals surface area contributed by atoms with E-state index in [1.807, 2.05) is 29.5 Å². The minimum Gasteiger partial charge on any atom is -0.350 e. The second-order valence-electron chi connectivity index (χ2n) is 6.90. The van der Waals surface area contributed by atoms with Crippen LogP contribution in [0.2, 0.25) is 0 Å². The van der Waals surface area contributed by atoms with Gasteiger partial charge in [0.25, 0.3) is 5.56 Å². The van der Waals surface area contributed by atoms with E-state index < -0.39 is 0 Å². The third-order valence-corrected chi connectivity index (χ3v) is 4.55. The van der Waals surface area contributed by atoms with Crippen molar-refractivity contribution in [3.8, 4) is 0 Å². The Labute approximate surface area is 150 Å². The molecule has 3 rings (SSSR count). The van der Waals surface area contributed by atoms with E-state index in [4.69, 9.17) is 0 Å². The minimum absolute atomic E-state index is 0.0227. The number of nitrogens with one attached hydrogen (secondary N) is 3. The smallest absolute Gasteiger partial charge is 0.267 e. The number of aryl methyl sites for hydroxylation is 1. The summed E-state index contributed by atoms with van der Waals surface area (Å²) in [5.74, 6) is -0.122. The van der Waals surface area contributed by atoms with Crippen molar-refractivity contribution in [1.82, 2.24) is 30.2 Å². The maximum atomic E-state index is 12.1. The molecule has 9 heteroatoms. The van der Waals surface area contributed by atoms with Gasteiger partial charge in [0.15, 0.2) is 0 Å². The van der Waals surface area contributed by atoms with Crippen molar-refractivity contribution in [2.75, 3.05) is 6.54 Å². The number of fused-ring (bicyclic) bond motifs is 1. The third kappa shape index (κ3) is 3.71. The zero-order valence-electron chi connectivity index (χ0n) is 15.3. The van der Waals surface area contributed by atoms with Crippen molar-refractivity contribution in [3.05, 3.63) is 39.1 Å². The molecule has 2 amide bonds. The summed E-state index contributed by atoms with van der Waals surface area (Å²) >= 11 is 0. The fourth-order valence-electron chi connectivity index (χ4n) is 3.06. The van der Waals surface area contributed by atoms with Crippen LogP contribution in [0.4, 0.5) is 0 Å². The number of amides is 2. The normalized spacial score (nSPS) is 13.8. The molecular formula is C17H24N6O3. The molecule has 0 atom stereocenters. The van der Waals surface area contributed by atoms with Crippen LogP contribution in [0.1, 0.15) is 36.5 Å². The SMILES string of the molecule is Cc1[nH][nH]c(=O)c1CC(=O)NCc1cc2n(n1)CCN(C(=O)C(C)C)C2. The number of nitrogens with zero attached hydrogens (tertiary/aromatic N) is 3. The summed E-state index contributed by atoms with van der Waals surface area (Å²) in [6, 6.07) is 1.91. The van der Waals surface area contributed by atoms with E-state index >= 15 is 0 Å². The molecular weight excluding hydrogens is 336 g/mol. The summed E-state index contributed by atoms with van der Waals surface area (Å²) in [6.07, 6.45) is 0.0227. The first-order valence-corrected chi connectivity index (χ1v) is 8.72. The number of hydrogen-bond acceptors (Lipinski definition) is 4. The van der Waals surface area contributed by atoms with Gasteiger partial charge in [-0.2, -0.15) is 5.10 Å². The van der Waals surface area contributed by atoms with Crippen molar-refractivity contribution < 1.29 is 9.59 Å². The highest BCUT2D eigenvalue weighted by atomic mass is 16.2. The van der Waals surface area contributed by atoms with Gasteiger partial charge >= 0.3 is 0 Å². The number of carbonyl (C=O) groups excluding carboxylic acids is 2. The molecule has 1 aliphatic heterocycles. The highest BCUT2D eigenvalue weighted by molar-refractivity contribution is 5.79. The number of aromatic nitrogens is 4. The first-order valence-electron chi connectivity index (χ1n) is 8.72. The van der Waals surface area contributed by atoms with Gasteiger partial charge in [0.2, 0.25) is 11.8 Å². The first kappa shape index (κ1) is 18.0. The van der Waals surface area contributed by atoms with Gasteiger partial charge in [-0.3, -0.25) is 24.2 Å². The lowest BCUT2D eigenvalue weighted by Gasteiger charge is -2.29. The summed E-state index contributed by atoms with van der Waals surface area (Å²) in [4.78, 5) is 37.7. The Morgan fingerprint density at radius 2 is 2.08 bits per heavy atom. The molecule has 2 aromatic rings. The minimum atomic E-state index is -0.273. The summed E-state index contributed by atoms with van der Waals surface area (Å²) in [6.45, 7) is 7.66. The third-order valence-electron chi connectivity index (χ3n) is 4.55. The average Bonchev–Trinajstić information content (AvgIpc) is 3.16. The van der Waals surface area contributed by atoms with Crippen LogP contribution in [0.25, 0.3) is 0 Å². The Kier molecular flexibility index (Phi) is 4.97. The van der Waals surface area contributed by atoms with Gasteiger partial charge < -0.3 is 15.3 Å². The second kappa shape index (κ2) is 7.19. The Bertz CT molecular complexity index is 875. The number of rotatable bonds is 5. The van der Waals surface area contributed by atoms with Gasteiger partial charge in [-0.15, -0.1) is 0 Å². The first-order chi connectivity index (χ1) is 12.3. The zero-order valence-corrected chi connectivity index (χ0v) is 15.3. The molecule has 9 nitrogen and oxygen atoms in total. The van der Waals surface area contributed by atoms with Crippen molar-refractivity contribution in [2.45, 2.75) is 46.8 Å². The molecule has 0 aromatic carbocycles. The van der Waals surface area contributed by atoms with E-state index in [9.17, 15) is 14.4 Å². The molecule has 0 bridgehead atoms. The molecule has 0 spiro atoms. The standard InChI is InChI=1S/C17H24N6O3/c1-10(2)17(26)22-4-5-23-13(9-22)6-12(21-23)8-18-15(24)7-14-11(3)19-20-16(14)25/h6,10H,4-5,7-9H2,1-3H3,(H,18,24)(H2,19,20,25). The van der Waals surface area contributed by atoms with E-state index in [2.05, 4.69) is 20.6 Å². The van der Waals surface area contributed by atoms with Crippen LogP contribution in [0, 0.1) is 12.8 Å². The van der Waals surface area contributed by atoms with Crippen molar-refractivity contribution in [3.63, 3.8) is 0 Å². The van der Waals surface area contributed by atoms with E-state index in [0.29, 0.717) is 37.4 Å². The largest absolute Gasteiger partial charge is 0.350 e. The summed E-state index contributed by atoms with van der Waals surface area (Å²) in [5, 5.41) is 12.4. The summed E-state index contributed by atoms with van der Waals surface area (Å²) in [7, 11) is 0. The Morgan fingerprint density at radius 1 is 1.31 bits per heavy atom. The predicted molar refractivity (Wildman–Crippen MR) is 94.2 cm³/mol. The van der Waals surface area contributed by atoms with Gasteiger partial charge in [0, 0.05) is 23.7 Å². The molecule has 0 saturated carbocycles. The van der Waals surface area contributed by atoms with Crippen molar-refractivity contribution in [1.29, 1.82) is 0 Å². The quantitative estimate of drug-likeness (QED) is 0.699. The topological polar surface area (TPSA) is 116 Å². The molecule has 0 aliphatic carbocycles. The van der Waals surface area contributed by atoms with Gasteiger partial charge in [0.1, 0.15) is 0 Å². The molecule has 3 N–H and O–H groups in total. The molecule has 0 unspecified atom stereocenters. The van der Waals surface area contributed by atoms with E-state index in [1.165, 1.54) is 0 Å². The van der Waals surface area contributed by atoms with Gasteiger partial charge in [-0.1, -0.05) is 13.8 Å². The zero-order chi connectivity index (χ0) is 18.8. The molecule has 3 heterocycles. The highest BCUT2D eigenvalue weighted by Gasteiger charge is 2.24. The molecule has 0 radical (unpaired) electrons. The molecule has 2 aromatic heterocycles. The van der Waals surface area contributed by atoms with E-state index in [0.717, 1.165) is 11.4 Å². The Morgan fingerprint density at radius 3 is 2.73 bits per heavy atom. The average molecular weight is 360 g/mol. The van der Waals surface area contributed by atoms with Crippen LogP contribution in [0.3, 0.4) is 0 Å². The fraction of sp³-hybridized carbons (Fsp3) is 0.529. The molecule has 0 saturated heterocycles. The molecule has 1 aliphatic rings. The van der Waals surface area contributed by atoms with Crippen LogP contribution >= 0.6 is 0 Å². The number of aromatic amines is 2. The lowest BCUT2D eigenvalue weighted by molar-refractivity contribution is -0.136. The molecule has 26 heavy (non-hydrogen) atoms. The van der Waals surface area contributed by atoms with Crippen LogP contribution < -0.4 is 10.9 Å². The number of H-pyrrole nitrogens is 2. The number of carbonyl (C=O) groups is 2. The molecule has 0 fully saturated rings. The van der Waals surface area contributed by atoms with Gasteiger partial charge in [0.05, 0.1) is 37.4 Å². The van der Waals surface area contributed by atoms with Gasteiger partial charge in [-0.25, -0.2) is 0 Å². The van der Waals surface area contributed by atoms with Crippen LogP contribution in [0.5, 0.6) is 0 Å². The lowest BCUT2D eigenvalue weighted by atomic mass is 10.1. The Hall–Kier alpha value is -2.84. The Balaban J connectivity index is 1.58. The highest BCUT2D eigenvalue weighted by Crippen LogP contribution is 2.16. The number of hydrogen-bond donors (Lipinski definition) is 3. The monoisotopic (exact) mass is 360 g/mol. The second-order valence-corrected chi connectivity index (χ2v) is 6.90. The maximum absolute atomic E-state index is 12.1. The fourth-order valence-corrected chi connectivity index (χ4v) is 3.06. The van der Waals surface area contributed by atoms with Crippen LogP contribution in [-0.2, 0) is 35.6 Å². The van der Waals surface area contributed by atoms with Crippen LogP contribution in [0.15, 0.2) is 10.9 Å². The summed E-state index contributed by atoms with van der Waals surface area (Å²) in [5.41, 5.74) is 2.54.